The van der Waals surface area contributed by atoms with Crippen molar-refractivity contribution in [2.45, 2.75) is 13.1 Å². The number of pyridine rings is 2. The van der Waals surface area contributed by atoms with Gasteiger partial charge in [0.2, 0.25) is 0 Å². The van der Waals surface area contributed by atoms with Gasteiger partial charge in [0, 0.05) is 71.0 Å². The molecule has 2 aromatic rings. The first-order valence-electron chi connectivity index (χ1n) is 10.9. The maximum absolute atomic E-state index is 11.4. The molecule has 6 nitrogen and oxygen atoms in total. The van der Waals surface area contributed by atoms with E-state index in [2.05, 4.69) is 43.0 Å². The van der Waals surface area contributed by atoms with Crippen LogP contribution in [0.2, 0.25) is 0 Å². The zero-order chi connectivity index (χ0) is 21.3. The quantitative estimate of drug-likeness (QED) is 0.749. The maximum Gasteiger partial charge on any atom is 0.178 e. The minimum absolute atomic E-state index is 0.0460. The molecule has 0 radical (unpaired) electrons. The van der Waals surface area contributed by atoms with Crippen LogP contribution < -0.4 is 0 Å². The van der Waals surface area contributed by atoms with Crippen molar-refractivity contribution < 1.29 is 4.79 Å². The van der Waals surface area contributed by atoms with Crippen molar-refractivity contribution in [2.75, 3.05) is 39.3 Å². The summed E-state index contributed by atoms with van der Waals surface area (Å²) < 4.78 is 0. The lowest BCUT2D eigenvalue weighted by atomic mass is 10.1. The molecular weight excluding hydrogens is 386 g/mol. The number of carbonyl (C=O) groups is 1. The number of hydrogen-bond donors (Lipinski definition) is 0. The smallest absolute Gasteiger partial charge is 0.178 e. The van der Waals surface area contributed by atoms with Crippen LogP contribution in [0.5, 0.6) is 0 Å². The second-order valence-electron chi connectivity index (χ2n) is 7.93. The van der Waals surface area contributed by atoms with Crippen LogP contribution in [0.25, 0.3) is 0 Å². The number of aromatic nitrogens is 2. The van der Waals surface area contributed by atoms with Gasteiger partial charge in [0.1, 0.15) is 0 Å². The summed E-state index contributed by atoms with van der Waals surface area (Å²) in [4.78, 5) is 27.8. The minimum atomic E-state index is 0.0460. The minimum Gasteiger partial charge on any atom is -0.374 e. The van der Waals surface area contributed by atoms with Crippen LogP contribution in [-0.4, -0.2) is 69.7 Å². The number of carbonyl (C=O) groups excluding carboxylic acids is 1. The molecule has 1 aliphatic carbocycles. The highest BCUT2D eigenvalue weighted by molar-refractivity contribution is 6.01. The van der Waals surface area contributed by atoms with Crippen molar-refractivity contribution in [3.63, 3.8) is 0 Å². The largest absolute Gasteiger partial charge is 0.374 e. The van der Waals surface area contributed by atoms with Crippen LogP contribution >= 0.6 is 0 Å². The van der Waals surface area contributed by atoms with Gasteiger partial charge in [-0.1, -0.05) is 12.1 Å². The van der Waals surface area contributed by atoms with Gasteiger partial charge in [-0.25, -0.2) is 0 Å². The fourth-order valence-corrected chi connectivity index (χ4v) is 3.81. The predicted molar refractivity (Wildman–Crippen MR) is 122 cm³/mol. The molecule has 4 rings (SSSR count). The summed E-state index contributed by atoms with van der Waals surface area (Å²) in [7, 11) is 0. The average Bonchev–Trinajstić information content (AvgIpc) is 2.89. The lowest BCUT2D eigenvalue weighted by Crippen LogP contribution is -2.35. The molecule has 0 aromatic carbocycles. The third-order valence-electron chi connectivity index (χ3n) is 5.57. The van der Waals surface area contributed by atoms with Crippen LogP contribution in [0.3, 0.4) is 0 Å². The van der Waals surface area contributed by atoms with Gasteiger partial charge in [-0.3, -0.25) is 24.6 Å². The van der Waals surface area contributed by atoms with Crippen LogP contribution in [0.15, 0.2) is 84.9 Å². The highest BCUT2D eigenvalue weighted by Crippen LogP contribution is 2.11. The fourth-order valence-electron chi connectivity index (χ4n) is 3.81. The molecule has 160 valence electrons. The summed E-state index contributed by atoms with van der Waals surface area (Å²) in [6, 6.07) is 12.2. The fraction of sp³-hybridized carbons (Fsp3) is 0.320. The monoisotopic (exact) mass is 415 g/mol. The zero-order valence-electron chi connectivity index (χ0n) is 17.8. The molecular formula is C25H29N5O. The SMILES string of the molecule is O=C1C=CC(=CN2CCN(Cc3ccccn3)CCN(Cc3ccccn3)CC2)C=C1. The Labute approximate surface area is 184 Å². The Bertz CT molecular complexity index is 867. The first kappa shape index (κ1) is 21.2. The van der Waals surface area contributed by atoms with Crippen molar-refractivity contribution in [2.24, 2.45) is 0 Å². The van der Waals surface area contributed by atoms with E-state index in [4.69, 9.17) is 0 Å². The summed E-state index contributed by atoms with van der Waals surface area (Å²) in [6.07, 6.45) is 12.9. The van der Waals surface area contributed by atoms with Crippen molar-refractivity contribution in [1.82, 2.24) is 24.7 Å². The van der Waals surface area contributed by atoms with Crippen LogP contribution in [-0.2, 0) is 17.9 Å². The lowest BCUT2D eigenvalue weighted by molar-refractivity contribution is -0.110. The number of nitrogens with zero attached hydrogens (tertiary/aromatic N) is 5. The lowest BCUT2D eigenvalue weighted by Gasteiger charge is -2.25. The van der Waals surface area contributed by atoms with Crippen molar-refractivity contribution >= 4 is 5.78 Å². The molecule has 2 aliphatic rings. The van der Waals surface area contributed by atoms with Crippen LogP contribution in [0, 0.1) is 0 Å². The Morgan fingerprint density at radius 1 is 0.710 bits per heavy atom. The van der Waals surface area contributed by atoms with E-state index in [1.165, 1.54) is 0 Å². The van der Waals surface area contributed by atoms with Crippen LogP contribution in [0.1, 0.15) is 11.4 Å². The Hall–Kier alpha value is -3.09. The van der Waals surface area contributed by atoms with E-state index >= 15 is 0 Å². The second kappa shape index (κ2) is 10.8. The zero-order valence-corrected chi connectivity index (χ0v) is 17.8. The highest BCUT2D eigenvalue weighted by Gasteiger charge is 2.16. The van der Waals surface area contributed by atoms with Gasteiger partial charge in [0.25, 0.3) is 0 Å². The summed E-state index contributed by atoms with van der Waals surface area (Å²) in [5.74, 6) is 0.0460. The Balaban J connectivity index is 1.48. The van der Waals surface area contributed by atoms with E-state index < -0.39 is 0 Å². The van der Waals surface area contributed by atoms with Gasteiger partial charge in [-0.15, -0.1) is 0 Å². The van der Waals surface area contributed by atoms with Gasteiger partial charge in [0.05, 0.1) is 11.4 Å². The van der Waals surface area contributed by atoms with E-state index in [9.17, 15) is 4.79 Å². The standard InChI is InChI=1S/C25H29N5O/c31-25-9-7-22(8-10-25)19-28-13-15-29(20-23-5-1-3-11-26-23)17-18-30(16-14-28)21-24-6-2-4-12-27-24/h1-12,19H,13-18,20-21H2. The Morgan fingerprint density at radius 3 is 1.71 bits per heavy atom. The van der Waals surface area contributed by atoms with Gasteiger partial charge in [-0.05, 0) is 54.1 Å². The van der Waals surface area contributed by atoms with Crippen molar-refractivity contribution in [3.8, 4) is 0 Å². The molecule has 0 N–H and O–H groups in total. The van der Waals surface area contributed by atoms with Crippen molar-refractivity contribution in [1.29, 1.82) is 0 Å². The number of rotatable bonds is 5. The first-order valence-corrected chi connectivity index (χ1v) is 10.9. The molecule has 0 atom stereocenters. The molecule has 0 unspecified atom stereocenters. The summed E-state index contributed by atoms with van der Waals surface area (Å²) in [5, 5.41) is 0. The van der Waals surface area contributed by atoms with E-state index in [1.807, 2.05) is 48.8 Å². The summed E-state index contributed by atoms with van der Waals surface area (Å²) in [5.41, 5.74) is 3.26. The molecule has 0 saturated carbocycles. The van der Waals surface area contributed by atoms with E-state index in [-0.39, 0.29) is 5.78 Å². The Morgan fingerprint density at radius 2 is 1.23 bits per heavy atom. The molecule has 0 bridgehead atoms. The molecule has 6 heteroatoms. The molecule has 0 amide bonds. The summed E-state index contributed by atoms with van der Waals surface area (Å²) >= 11 is 0. The number of hydrogen-bond acceptors (Lipinski definition) is 6. The molecule has 1 aliphatic heterocycles. The molecule has 0 spiro atoms. The molecule has 2 aromatic heterocycles. The van der Waals surface area contributed by atoms with Crippen molar-refractivity contribution in [3.05, 3.63) is 96.3 Å². The third-order valence-corrected chi connectivity index (χ3v) is 5.57. The first-order chi connectivity index (χ1) is 15.2. The number of allylic oxidation sites excluding steroid dienone is 5. The topological polar surface area (TPSA) is 52.6 Å². The Kier molecular flexibility index (Phi) is 7.37. The van der Waals surface area contributed by atoms with Crippen LogP contribution in [0.4, 0.5) is 0 Å². The third kappa shape index (κ3) is 6.70. The number of ketones is 1. The van der Waals surface area contributed by atoms with E-state index in [0.717, 1.165) is 69.3 Å². The van der Waals surface area contributed by atoms with E-state index in [1.54, 1.807) is 12.2 Å². The second-order valence-corrected chi connectivity index (χ2v) is 7.93. The van der Waals surface area contributed by atoms with Gasteiger partial charge in [0.15, 0.2) is 5.78 Å². The average molecular weight is 416 g/mol. The maximum atomic E-state index is 11.4. The molecule has 1 saturated heterocycles. The molecule has 1 fully saturated rings. The highest BCUT2D eigenvalue weighted by atomic mass is 16.1. The predicted octanol–water partition coefficient (Wildman–Crippen LogP) is 2.68. The van der Waals surface area contributed by atoms with E-state index in [0.29, 0.717) is 0 Å². The summed E-state index contributed by atoms with van der Waals surface area (Å²) in [6.45, 7) is 7.46. The van der Waals surface area contributed by atoms with Gasteiger partial charge < -0.3 is 4.90 Å². The molecule has 31 heavy (non-hydrogen) atoms. The van der Waals surface area contributed by atoms with Gasteiger partial charge >= 0.3 is 0 Å². The normalized spacial score (nSPS) is 18.5. The molecule has 3 heterocycles. The van der Waals surface area contributed by atoms with Gasteiger partial charge in [-0.2, -0.15) is 0 Å².